The predicted octanol–water partition coefficient (Wildman–Crippen LogP) is 1.98. The van der Waals surface area contributed by atoms with Gasteiger partial charge in [0, 0.05) is 26.2 Å². The highest BCUT2D eigenvalue weighted by Gasteiger charge is 2.39. The summed E-state index contributed by atoms with van der Waals surface area (Å²) in [6.07, 6.45) is 3.40. The van der Waals surface area contributed by atoms with Gasteiger partial charge in [-0.3, -0.25) is 9.59 Å². The summed E-state index contributed by atoms with van der Waals surface area (Å²) >= 11 is 0. The molecule has 0 unspecified atom stereocenters. The maximum absolute atomic E-state index is 13.1. The number of pyridine rings is 1. The fourth-order valence-corrected chi connectivity index (χ4v) is 3.59. The van der Waals surface area contributed by atoms with Gasteiger partial charge in [-0.25, -0.2) is 4.52 Å². The van der Waals surface area contributed by atoms with Gasteiger partial charge in [-0.05, 0) is 31.2 Å². The molecule has 4 heterocycles. The molecule has 3 aromatic heterocycles. The quantitative estimate of drug-likeness (QED) is 0.782. The van der Waals surface area contributed by atoms with Crippen LogP contribution in [-0.4, -0.2) is 45.5 Å². The summed E-state index contributed by atoms with van der Waals surface area (Å²) in [4.78, 5) is 26.4. The molecule has 0 aromatic carbocycles. The number of carbonyl (C=O) groups excluding carboxylic acids is 2. The summed E-state index contributed by atoms with van der Waals surface area (Å²) in [5.41, 5.74) is 1.33. The van der Waals surface area contributed by atoms with Gasteiger partial charge in [0.15, 0.2) is 0 Å². The van der Waals surface area contributed by atoms with E-state index in [9.17, 15) is 9.59 Å². The van der Waals surface area contributed by atoms with Crippen molar-refractivity contribution in [2.24, 2.45) is 0 Å². The van der Waals surface area contributed by atoms with Gasteiger partial charge in [-0.1, -0.05) is 6.07 Å². The fraction of sp³-hybridized carbons (Fsp3) is 0.316. The Bertz CT molecular complexity index is 974. The lowest BCUT2D eigenvalue weighted by Crippen LogP contribution is -2.39. The molecule has 0 saturated carbocycles. The van der Waals surface area contributed by atoms with Gasteiger partial charge in [0.2, 0.25) is 5.91 Å². The first-order valence-electron chi connectivity index (χ1n) is 8.58. The Balaban J connectivity index is 1.62. The Labute approximate surface area is 150 Å². The van der Waals surface area contributed by atoms with Crippen molar-refractivity contribution in [1.29, 1.82) is 0 Å². The minimum atomic E-state index is -0.177. The molecule has 1 fully saturated rings. The van der Waals surface area contributed by atoms with Crippen molar-refractivity contribution in [3.05, 3.63) is 59.8 Å². The molecule has 26 heavy (non-hydrogen) atoms. The number of rotatable bonds is 3. The molecule has 4 rings (SSSR count). The lowest BCUT2D eigenvalue weighted by Gasteiger charge is -2.16. The van der Waals surface area contributed by atoms with E-state index in [1.54, 1.807) is 15.6 Å². The van der Waals surface area contributed by atoms with Crippen molar-refractivity contribution < 1.29 is 14.0 Å². The molecule has 2 amide bonds. The Kier molecular flexibility index (Phi) is 3.99. The largest absolute Gasteiger partial charge is 0.466 e. The van der Waals surface area contributed by atoms with E-state index in [0.717, 1.165) is 17.0 Å². The van der Waals surface area contributed by atoms with Crippen LogP contribution in [0.3, 0.4) is 0 Å². The van der Waals surface area contributed by atoms with Crippen LogP contribution in [0, 0.1) is 6.92 Å². The van der Waals surface area contributed by atoms with Crippen LogP contribution in [-0.2, 0) is 4.79 Å². The molecule has 3 aromatic rings. The second kappa shape index (κ2) is 6.33. The number of aromatic nitrogens is 2. The Morgan fingerprint density at radius 1 is 1.23 bits per heavy atom. The van der Waals surface area contributed by atoms with E-state index in [4.69, 9.17) is 4.42 Å². The van der Waals surface area contributed by atoms with E-state index < -0.39 is 0 Å². The van der Waals surface area contributed by atoms with Gasteiger partial charge >= 0.3 is 0 Å². The minimum Gasteiger partial charge on any atom is -0.466 e. The third kappa shape index (κ3) is 2.85. The van der Waals surface area contributed by atoms with Crippen molar-refractivity contribution in [3.8, 4) is 0 Å². The Morgan fingerprint density at radius 3 is 2.81 bits per heavy atom. The summed E-state index contributed by atoms with van der Waals surface area (Å²) < 4.78 is 7.45. The van der Waals surface area contributed by atoms with E-state index in [0.29, 0.717) is 18.7 Å². The Hall–Kier alpha value is -3.09. The number of likely N-dealkylation sites (tertiary alicyclic amines) is 1. The molecule has 0 spiro atoms. The molecule has 0 bridgehead atoms. The Morgan fingerprint density at radius 2 is 2.08 bits per heavy atom. The van der Waals surface area contributed by atoms with E-state index >= 15 is 0 Å². The third-order valence-corrected chi connectivity index (χ3v) is 4.78. The zero-order valence-electron chi connectivity index (χ0n) is 14.7. The van der Waals surface area contributed by atoms with Crippen LogP contribution in [0.5, 0.6) is 0 Å². The molecular formula is C19H20N4O3. The molecule has 1 aliphatic rings. The number of nitrogens with zero attached hydrogens (tertiary/aromatic N) is 3. The number of hydrogen-bond donors (Lipinski definition) is 1. The third-order valence-electron chi connectivity index (χ3n) is 4.78. The summed E-state index contributed by atoms with van der Waals surface area (Å²) in [6, 6.07) is 9.26. The van der Waals surface area contributed by atoms with Crippen molar-refractivity contribution in [2.45, 2.75) is 25.8 Å². The summed E-state index contributed by atoms with van der Waals surface area (Å²) in [5.74, 6) is 1.32. The molecule has 0 radical (unpaired) electrons. The molecule has 134 valence electrons. The standard InChI is InChI=1S/C19H20N4O3/c1-12-6-7-18(26-12)15-10-22(11-16(15)21-13(2)24)19(25)14-9-20-23-8-4-3-5-17(14)23/h3-9,15-16H,10-11H2,1-2H3,(H,21,24)/t15-,16-/m1/s1. The topological polar surface area (TPSA) is 79.9 Å². The number of hydrogen-bond acceptors (Lipinski definition) is 4. The summed E-state index contributed by atoms with van der Waals surface area (Å²) in [7, 11) is 0. The second-order valence-corrected chi connectivity index (χ2v) is 6.66. The average molecular weight is 352 g/mol. The van der Waals surface area contributed by atoms with Gasteiger partial charge < -0.3 is 14.6 Å². The van der Waals surface area contributed by atoms with Gasteiger partial charge in [0.25, 0.3) is 5.91 Å². The van der Waals surface area contributed by atoms with E-state index in [2.05, 4.69) is 10.4 Å². The number of fused-ring (bicyclic) bond motifs is 1. The van der Waals surface area contributed by atoms with Crippen LogP contribution < -0.4 is 5.32 Å². The summed E-state index contributed by atoms with van der Waals surface area (Å²) in [5, 5.41) is 7.19. The van der Waals surface area contributed by atoms with Crippen molar-refractivity contribution in [2.75, 3.05) is 13.1 Å². The first-order chi connectivity index (χ1) is 12.5. The van der Waals surface area contributed by atoms with Crippen LogP contribution >= 0.6 is 0 Å². The molecule has 1 N–H and O–H groups in total. The SMILES string of the molecule is CC(=O)N[C@@H]1CN(C(=O)c2cnn3ccccc23)C[C@H]1c1ccc(C)o1. The lowest BCUT2D eigenvalue weighted by atomic mass is 10.0. The van der Waals surface area contributed by atoms with E-state index in [1.165, 1.54) is 6.92 Å². The molecular weight excluding hydrogens is 332 g/mol. The van der Waals surface area contributed by atoms with Crippen LogP contribution in [0.25, 0.3) is 5.52 Å². The number of carbonyl (C=O) groups is 2. The highest BCUT2D eigenvalue weighted by molar-refractivity contribution is 6.00. The molecule has 0 aliphatic carbocycles. The van der Waals surface area contributed by atoms with Crippen LogP contribution in [0.15, 0.2) is 47.1 Å². The minimum absolute atomic E-state index is 0.0709. The van der Waals surface area contributed by atoms with Crippen LogP contribution in [0.1, 0.15) is 34.7 Å². The van der Waals surface area contributed by atoms with Crippen LogP contribution in [0.2, 0.25) is 0 Å². The molecule has 1 saturated heterocycles. The van der Waals surface area contributed by atoms with E-state index in [1.807, 2.05) is 43.5 Å². The first kappa shape index (κ1) is 16.4. The molecule has 2 atom stereocenters. The number of furan rings is 1. The van der Waals surface area contributed by atoms with Crippen molar-refractivity contribution in [1.82, 2.24) is 19.8 Å². The highest BCUT2D eigenvalue weighted by atomic mass is 16.3. The maximum Gasteiger partial charge on any atom is 0.257 e. The highest BCUT2D eigenvalue weighted by Crippen LogP contribution is 2.30. The average Bonchev–Trinajstić information content (AvgIpc) is 3.31. The first-order valence-corrected chi connectivity index (χ1v) is 8.58. The molecule has 7 nitrogen and oxygen atoms in total. The number of aryl methyl sites for hydroxylation is 1. The number of nitrogens with one attached hydrogen (secondary N) is 1. The van der Waals surface area contributed by atoms with Gasteiger partial charge in [0.1, 0.15) is 11.5 Å². The second-order valence-electron chi connectivity index (χ2n) is 6.66. The van der Waals surface area contributed by atoms with Crippen molar-refractivity contribution in [3.63, 3.8) is 0 Å². The number of amides is 2. The lowest BCUT2D eigenvalue weighted by molar-refractivity contribution is -0.119. The predicted molar refractivity (Wildman–Crippen MR) is 94.9 cm³/mol. The van der Waals surface area contributed by atoms with Gasteiger partial charge in [-0.15, -0.1) is 0 Å². The maximum atomic E-state index is 13.1. The zero-order chi connectivity index (χ0) is 18.3. The van der Waals surface area contributed by atoms with Crippen molar-refractivity contribution >= 4 is 17.3 Å². The smallest absolute Gasteiger partial charge is 0.257 e. The fourth-order valence-electron chi connectivity index (χ4n) is 3.59. The van der Waals surface area contributed by atoms with E-state index in [-0.39, 0.29) is 23.8 Å². The normalized spacial score (nSPS) is 19.8. The zero-order valence-corrected chi connectivity index (χ0v) is 14.7. The van der Waals surface area contributed by atoms with Gasteiger partial charge in [-0.2, -0.15) is 5.10 Å². The van der Waals surface area contributed by atoms with Crippen LogP contribution in [0.4, 0.5) is 0 Å². The van der Waals surface area contributed by atoms with Gasteiger partial charge in [0.05, 0.1) is 29.2 Å². The monoisotopic (exact) mass is 352 g/mol. The molecule has 7 heteroatoms. The molecule has 1 aliphatic heterocycles. The summed E-state index contributed by atoms with van der Waals surface area (Å²) in [6.45, 7) is 4.29.